The summed E-state index contributed by atoms with van der Waals surface area (Å²) >= 11 is 0. The summed E-state index contributed by atoms with van der Waals surface area (Å²) in [5, 5.41) is 13.4. The first-order valence-electron chi connectivity index (χ1n) is 6.74. The van der Waals surface area contributed by atoms with Gasteiger partial charge in [-0.2, -0.15) is 0 Å². The third-order valence-corrected chi connectivity index (χ3v) is 3.12. The van der Waals surface area contributed by atoms with Crippen LogP contribution in [0.5, 0.6) is 5.75 Å². The van der Waals surface area contributed by atoms with Gasteiger partial charge in [-0.3, -0.25) is 0 Å². The van der Waals surface area contributed by atoms with E-state index >= 15 is 0 Å². The second-order valence-corrected chi connectivity index (χ2v) is 5.74. The van der Waals surface area contributed by atoms with Crippen LogP contribution in [0.4, 0.5) is 0 Å². The average Bonchev–Trinajstić information content (AvgIpc) is 2.34. The Morgan fingerprint density at radius 1 is 1.37 bits per heavy atom. The van der Waals surface area contributed by atoms with Crippen LogP contribution in [0.15, 0.2) is 18.2 Å². The minimum absolute atomic E-state index is 0.361. The van der Waals surface area contributed by atoms with E-state index in [2.05, 4.69) is 19.2 Å². The fraction of sp³-hybridized carbons (Fsp3) is 0.600. The standard InChI is InChI=1S/C15H23NO3/c1-10(2)16-8-13(17)11-5-6-14-12(7-11)9-18-15(3,4)19-14/h5-7,10,13,16-17H,8-9H2,1-4H3. The van der Waals surface area contributed by atoms with Crippen LogP contribution >= 0.6 is 0 Å². The van der Waals surface area contributed by atoms with Gasteiger partial charge in [-0.15, -0.1) is 0 Å². The summed E-state index contributed by atoms with van der Waals surface area (Å²) in [6.07, 6.45) is -0.511. The zero-order chi connectivity index (χ0) is 14.0. The molecular weight excluding hydrogens is 242 g/mol. The van der Waals surface area contributed by atoms with Crippen molar-refractivity contribution in [2.24, 2.45) is 0 Å². The number of ether oxygens (including phenoxy) is 2. The molecule has 1 unspecified atom stereocenters. The molecule has 1 atom stereocenters. The number of hydrogen-bond acceptors (Lipinski definition) is 4. The van der Waals surface area contributed by atoms with Crippen molar-refractivity contribution in [3.05, 3.63) is 29.3 Å². The Morgan fingerprint density at radius 3 is 2.79 bits per heavy atom. The van der Waals surface area contributed by atoms with E-state index in [9.17, 15) is 5.11 Å². The van der Waals surface area contributed by atoms with Gasteiger partial charge >= 0.3 is 0 Å². The number of aliphatic hydroxyl groups excluding tert-OH is 1. The minimum Gasteiger partial charge on any atom is -0.463 e. The van der Waals surface area contributed by atoms with Gasteiger partial charge in [0.15, 0.2) is 0 Å². The van der Waals surface area contributed by atoms with E-state index in [0.29, 0.717) is 19.2 Å². The summed E-state index contributed by atoms with van der Waals surface area (Å²) in [7, 11) is 0. The Labute approximate surface area is 114 Å². The van der Waals surface area contributed by atoms with Gasteiger partial charge < -0.3 is 19.9 Å². The molecule has 0 amide bonds. The van der Waals surface area contributed by atoms with Gasteiger partial charge in [0.25, 0.3) is 0 Å². The molecule has 1 aliphatic heterocycles. The van der Waals surface area contributed by atoms with Gasteiger partial charge in [-0.1, -0.05) is 19.9 Å². The van der Waals surface area contributed by atoms with Crippen LogP contribution in [0.3, 0.4) is 0 Å². The molecule has 0 bridgehead atoms. The smallest absolute Gasteiger partial charge is 0.205 e. The maximum Gasteiger partial charge on any atom is 0.205 e. The lowest BCUT2D eigenvalue weighted by molar-refractivity contribution is -0.180. The van der Waals surface area contributed by atoms with E-state index in [-0.39, 0.29) is 0 Å². The molecule has 0 radical (unpaired) electrons. The van der Waals surface area contributed by atoms with Gasteiger partial charge in [0.05, 0.1) is 12.7 Å². The van der Waals surface area contributed by atoms with E-state index < -0.39 is 11.9 Å². The Hall–Kier alpha value is -1.10. The average molecular weight is 265 g/mol. The largest absolute Gasteiger partial charge is 0.463 e. The van der Waals surface area contributed by atoms with Crippen molar-refractivity contribution in [2.45, 2.75) is 52.2 Å². The molecule has 1 aliphatic rings. The minimum atomic E-state index is -0.577. The van der Waals surface area contributed by atoms with Crippen molar-refractivity contribution in [3.63, 3.8) is 0 Å². The van der Waals surface area contributed by atoms with Crippen LogP contribution in [0, 0.1) is 0 Å². The van der Waals surface area contributed by atoms with Gasteiger partial charge in [0.2, 0.25) is 5.79 Å². The normalized spacial score (nSPS) is 18.8. The monoisotopic (exact) mass is 265 g/mol. The van der Waals surface area contributed by atoms with Crippen LogP contribution in [-0.4, -0.2) is 23.5 Å². The summed E-state index contributed by atoms with van der Waals surface area (Å²) in [5.41, 5.74) is 1.87. The molecular formula is C15H23NO3. The summed E-state index contributed by atoms with van der Waals surface area (Å²) in [6, 6.07) is 6.14. The van der Waals surface area contributed by atoms with Gasteiger partial charge in [-0.05, 0) is 17.7 Å². The number of benzene rings is 1. The summed E-state index contributed by atoms with van der Waals surface area (Å²) in [5.74, 6) is 0.260. The SMILES string of the molecule is CC(C)NCC(O)c1ccc2c(c1)COC(C)(C)O2. The Morgan fingerprint density at radius 2 is 2.11 bits per heavy atom. The van der Waals surface area contributed by atoms with E-state index in [1.54, 1.807) is 0 Å². The fourth-order valence-corrected chi connectivity index (χ4v) is 2.03. The highest BCUT2D eigenvalue weighted by atomic mass is 16.7. The molecule has 4 nitrogen and oxygen atoms in total. The Balaban J connectivity index is 2.09. The number of aliphatic hydroxyl groups is 1. The van der Waals surface area contributed by atoms with Crippen LogP contribution < -0.4 is 10.1 Å². The van der Waals surface area contributed by atoms with Crippen molar-refractivity contribution in [1.29, 1.82) is 0 Å². The molecule has 0 fully saturated rings. The number of nitrogens with one attached hydrogen (secondary N) is 1. The first kappa shape index (κ1) is 14.3. The van der Waals surface area contributed by atoms with Crippen LogP contribution in [0.2, 0.25) is 0 Å². The van der Waals surface area contributed by atoms with Crippen molar-refractivity contribution in [2.75, 3.05) is 6.54 Å². The number of fused-ring (bicyclic) bond motifs is 1. The molecule has 0 spiro atoms. The van der Waals surface area contributed by atoms with Crippen LogP contribution in [-0.2, 0) is 11.3 Å². The second kappa shape index (κ2) is 5.49. The van der Waals surface area contributed by atoms with Crippen LogP contribution in [0.1, 0.15) is 44.9 Å². The molecule has 2 N–H and O–H groups in total. The number of rotatable bonds is 4. The third-order valence-electron chi connectivity index (χ3n) is 3.12. The van der Waals surface area contributed by atoms with Gasteiger partial charge in [-0.25, -0.2) is 0 Å². The topological polar surface area (TPSA) is 50.7 Å². The first-order valence-corrected chi connectivity index (χ1v) is 6.74. The molecule has 1 heterocycles. The second-order valence-electron chi connectivity index (χ2n) is 5.74. The summed E-state index contributed by atoms with van der Waals surface area (Å²) in [6.45, 7) is 8.97. The predicted octanol–water partition coefficient (Wildman–Crippen LogP) is 2.36. The zero-order valence-corrected chi connectivity index (χ0v) is 12.1. The highest BCUT2D eigenvalue weighted by Gasteiger charge is 2.27. The van der Waals surface area contributed by atoms with E-state index in [1.807, 2.05) is 32.0 Å². The molecule has 0 aromatic heterocycles. The maximum atomic E-state index is 10.1. The van der Waals surface area contributed by atoms with Crippen molar-refractivity contribution in [1.82, 2.24) is 5.32 Å². The Kier molecular flexibility index (Phi) is 4.13. The lowest BCUT2D eigenvalue weighted by atomic mass is 10.0. The highest BCUT2D eigenvalue weighted by molar-refractivity contribution is 5.39. The predicted molar refractivity (Wildman–Crippen MR) is 74.0 cm³/mol. The molecule has 1 aromatic rings. The summed E-state index contributed by atoms with van der Waals surface area (Å²) in [4.78, 5) is 0. The molecule has 106 valence electrons. The molecule has 1 aromatic carbocycles. The van der Waals surface area contributed by atoms with Crippen LogP contribution in [0.25, 0.3) is 0 Å². The van der Waals surface area contributed by atoms with E-state index in [4.69, 9.17) is 9.47 Å². The van der Waals surface area contributed by atoms with E-state index in [1.165, 1.54) is 0 Å². The van der Waals surface area contributed by atoms with Crippen molar-refractivity contribution in [3.8, 4) is 5.75 Å². The molecule has 19 heavy (non-hydrogen) atoms. The molecule has 0 saturated carbocycles. The fourth-order valence-electron chi connectivity index (χ4n) is 2.03. The molecule has 2 rings (SSSR count). The quantitative estimate of drug-likeness (QED) is 0.877. The first-order chi connectivity index (χ1) is 8.87. The highest BCUT2D eigenvalue weighted by Crippen LogP contribution is 2.32. The van der Waals surface area contributed by atoms with Gasteiger partial charge in [0, 0.05) is 32.0 Å². The summed E-state index contributed by atoms with van der Waals surface area (Å²) < 4.78 is 11.3. The maximum absolute atomic E-state index is 10.1. The van der Waals surface area contributed by atoms with Gasteiger partial charge in [0.1, 0.15) is 5.75 Å². The van der Waals surface area contributed by atoms with Crippen molar-refractivity contribution < 1.29 is 14.6 Å². The number of hydrogen-bond donors (Lipinski definition) is 2. The van der Waals surface area contributed by atoms with Crippen molar-refractivity contribution >= 4 is 0 Å². The molecule has 0 saturated heterocycles. The van der Waals surface area contributed by atoms with E-state index in [0.717, 1.165) is 16.9 Å². The molecule has 4 heteroatoms. The third kappa shape index (κ3) is 3.69. The zero-order valence-electron chi connectivity index (χ0n) is 12.1. The lowest BCUT2D eigenvalue weighted by Gasteiger charge is -2.33. The Bertz CT molecular complexity index is 443. The lowest BCUT2D eigenvalue weighted by Crippen LogP contribution is -2.35. The molecule has 0 aliphatic carbocycles.